The molecule has 0 atom stereocenters. The normalized spacial score (nSPS) is 13.5. The smallest absolute Gasteiger partial charge is 0.128 e. The van der Waals surface area contributed by atoms with Crippen molar-refractivity contribution in [3.8, 4) is 0 Å². The Balaban J connectivity index is 2.11. The lowest BCUT2D eigenvalue weighted by Crippen LogP contribution is -2.28. The van der Waals surface area contributed by atoms with Gasteiger partial charge in [0.05, 0.1) is 4.99 Å². The number of nitrogens with two attached hydrogens (primary N) is 1. The molecular formula is C13H19N3S. The van der Waals surface area contributed by atoms with Gasteiger partial charge in [-0.1, -0.05) is 18.3 Å². The lowest BCUT2D eigenvalue weighted by molar-refractivity contribution is 0.812. The van der Waals surface area contributed by atoms with E-state index in [1.807, 2.05) is 0 Å². The summed E-state index contributed by atoms with van der Waals surface area (Å²) in [7, 11) is 0. The lowest BCUT2D eigenvalue weighted by Gasteiger charge is -2.22. The Bertz CT molecular complexity index is 417. The van der Waals surface area contributed by atoms with E-state index >= 15 is 0 Å². The van der Waals surface area contributed by atoms with Gasteiger partial charge in [0.2, 0.25) is 0 Å². The Hall–Kier alpha value is -1.16. The lowest BCUT2D eigenvalue weighted by atomic mass is 10.2. The molecule has 17 heavy (non-hydrogen) atoms. The van der Waals surface area contributed by atoms with Gasteiger partial charge in [0.1, 0.15) is 5.82 Å². The first-order chi connectivity index (χ1) is 8.20. The first kappa shape index (κ1) is 12.3. The maximum Gasteiger partial charge on any atom is 0.128 e. The second-order valence-electron chi connectivity index (χ2n) is 4.42. The number of hydrogen-bond donors (Lipinski definition) is 1. The third-order valence-electron chi connectivity index (χ3n) is 3.25. The molecule has 0 bridgehead atoms. The van der Waals surface area contributed by atoms with Crippen molar-refractivity contribution in [1.82, 2.24) is 4.98 Å². The average molecular weight is 249 g/mol. The highest BCUT2D eigenvalue weighted by Gasteiger charge is 2.14. The molecule has 1 aromatic rings. The zero-order chi connectivity index (χ0) is 12.3. The zero-order valence-electron chi connectivity index (χ0n) is 10.3. The number of pyridine rings is 1. The quantitative estimate of drug-likeness (QED) is 0.811. The highest BCUT2D eigenvalue weighted by Crippen LogP contribution is 2.23. The highest BCUT2D eigenvalue weighted by molar-refractivity contribution is 7.80. The standard InChI is InChI=1S/C13H19N3S/c1-2-16(9-8-12(14)17)13-7-6-10-4-3-5-11(10)15-13/h6-7H,2-5,8-9H2,1H3,(H2,14,17). The van der Waals surface area contributed by atoms with Crippen molar-refractivity contribution in [2.24, 2.45) is 5.73 Å². The summed E-state index contributed by atoms with van der Waals surface area (Å²) in [4.78, 5) is 7.55. The number of thiocarbonyl (C=S) groups is 1. The molecule has 2 rings (SSSR count). The number of hydrogen-bond acceptors (Lipinski definition) is 3. The maximum atomic E-state index is 5.55. The molecule has 0 aliphatic heterocycles. The van der Waals surface area contributed by atoms with E-state index in [0.717, 1.165) is 31.7 Å². The second kappa shape index (κ2) is 5.45. The van der Waals surface area contributed by atoms with Gasteiger partial charge >= 0.3 is 0 Å². The van der Waals surface area contributed by atoms with Gasteiger partial charge in [0, 0.05) is 25.2 Å². The molecule has 0 spiro atoms. The van der Waals surface area contributed by atoms with Crippen LogP contribution in [0.3, 0.4) is 0 Å². The molecular weight excluding hydrogens is 230 g/mol. The minimum atomic E-state index is 0.574. The second-order valence-corrected chi connectivity index (χ2v) is 4.95. The van der Waals surface area contributed by atoms with Crippen LogP contribution in [0, 0.1) is 0 Å². The number of aromatic nitrogens is 1. The zero-order valence-corrected chi connectivity index (χ0v) is 11.1. The minimum absolute atomic E-state index is 0.574. The molecule has 1 aliphatic carbocycles. The van der Waals surface area contributed by atoms with E-state index in [9.17, 15) is 0 Å². The maximum absolute atomic E-state index is 5.55. The molecule has 1 heterocycles. The molecule has 0 fully saturated rings. The van der Waals surface area contributed by atoms with Crippen LogP contribution in [0.15, 0.2) is 12.1 Å². The van der Waals surface area contributed by atoms with Gasteiger partial charge < -0.3 is 10.6 Å². The van der Waals surface area contributed by atoms with Gasteiger partial charge in [-0.3, -0.25) is 0 Å². The fourth-order valence-electron chi connectivity index (χ4n) is 2.26. The Morgan fingerprint density at radius 3 is 3.00 bits per heavy atom. The van der Waals surface area contributed by atoms with Gasteiger partial charge in [-0.2, -0.15) is 0 Å². The number of nitrogens with zero attached hydrogens (tertiary/aromatic N) is 2. The summed E-state index contributed by atoms with van der Waals surface area (Å²) in [6, 6.07) is 4.33. The first-order valence-corrected chi connectivity index (χ1v) is 6.63. The van der Waals surface area contributed by atoms with Crippen molar-refractivity contribution >= 4 is 23.0 Å². The molecule has 0 saturated carbocycles. The van der Waals surface area contributed by atoms with Crippen LogP contribution in [0.1, 0.15) is 31.0 Å². The molecule has 1 aliphatic rings. The summed E-state index contributed by atoms with van der Waals surface area (Å²) in [6.07, 6.45) is 4.30. The fraction of sp³-hybridized carbons (Fsp3) is 0.538. The van der Waals surface area contributed by atoms with E-state index in [-0.39, 0.29) is 0 Å². The van der Waals surface area contributed by atoms with Gasteiger partial charge in [-0.05, 0) is 37.8 Å². The fourth-order valence-corrected chi connectivity index (χ4v) is 2.36. The summed E-state index contributed by atoms with van der Waals surface area (Å²) in [5.41, 5.74) is 8.24. The van der Waals surface area contributed by atoms with Crippen molar-refractivity contribution in [1.29, 1.82) is 0 Å². The van der Waals surface area contributed by atoms with E-state index in [1.165, 1.54) is 24.1 Å². The average Bonchev–Trinajstić information content (AvgIpc) is 2.76. The molecule has 2 N–H and O–H groups in total. The van der Waals surface area contributed by atoms with Crippen molar-refractivity contribution in [2.75, 3.05) is 18.0 Å². The summed E-state index contributed by atoms with van der Waals surface area (Å²) >= 11 is 4.92. The van der Waals surface area contributed by atoms with E-state index in [1.54, 1.807) is 0 Å². The molecule has 3 nitrogen and oxygen atoms in total. The van der Waals surface area contributed by atoms with Gasteiger partial charge in [-0.25, -0.2) is 4.98 Å². The SMILES string of the molecule is CCN(CCC(N)=S)c1ccc2c(n1)CCC2. The third-order valence-corrected chi connectivity index (χ3v) is 3.45. The number of fused-ring (bicyclic) bond motifs is 1. The van der Waals surface area contributed by atoms with Crippen LogP contribution >= 0.6 is 12.2 Å². The van der Waals surface area contributed by atoms with Crippen LogP contribution in [0.2, 0.25) is 0 Å². The van der Waals surface area contributed by atoms with Crippen LogP contribution < -0.4 is 10.6 Å². The Morgan fingerprint density at radius 2 is 2.29 bits per heavy atom. The highest BCUT2D eigenvalue weighted by atomic mass is 32.1. The molecule has 4 heteroatoms. The van der Waals surface area contributed by atoms with Gasteiger partial charge in [-0.15, -0.1) is 0 Å². The van der Waals surface area contributed by atoms with E-state index in [0.29, 0.717) is 4.99 Å². The van der Waals surface area contributed by atoms with Crippen LogP contribution in [0.5, 0.6) is 0 Å². The first-order valence-electron chi connectivity index (χ1n) is 6.22. The molecule has 0 radical (unpaired) electrons. The van der Waals surface area contributed by atoms with Crippen molar-refractivity contribution in [3.63, 3.8) is 0 Å². The topological polar surface area (TPSA) is 42.1 Å². The largest absolute Gasteiger partial charge is 0.393 e. The van der Waals surface area contributed by atoms with E-state index in [2.05, 4.69) is 24.0 Å². The molecule has 0 aromatic carbocycles. The number of rotatable bonds is 5. The van der Waals surface area contributed by atoms with Gasteiger partial charge in [0.15, 0.2) is 0 Å². The van der Waals surface area contributed by atoms with Crippen molar-refractivity contribution in [2.45, 2.75) is 32.6 Å². The summed E-state index contributed by atoms with van der Waals surface area (Å²) in [5, 5.41) is 0. The summed E-state index contributed by atoms with van der Waals surface area (Å²) < 4.78 is 0. The molecule has 1 aromatic heterocycles. The van der Waals surface area contributed by atoms with Crippen molar-refractivity contribution in [3.05, 3.63) is 23.4 Å². The summed E-state index contributed by atoms with van der Waals surface area (Å²) in [5.74, 6) is 1.06. The Kier molecular flexibility index (Phi) is 3.94. The predicted molar refractivity (Wildman–Crippen MR) is 75.6 cm³/mol. The molecule has 0 saturated heterocycles. The Labute approximate surface area is 108 Å². The Morgan fingerprint density at radius 1 is 1.47 bits per heavy atom. The molecule has 0 unspecified atom stereocenters. The monoisotopic (exact) mass is 249 g/mol. The van der Waals surface area contributed by atoms with Crippen LogP contribution in [-0.2, 0) is 12.8 Å². The molecule has 92 valence electrons. The van der Waals surface area contributed by atoms with Crippen LogP contribution in [0.4, 0.5) is 5.82 Å². The number of anilines is 1. The summed E-state index contributed by atoms with van der Waals surface area (Å²) in [6.45, 7) is 3.93. The predicted octanol–water partition coefficient (Wildman–Crippen LogP) is 2.07. The molecule has 0 amide bonds. The minimum Gasteiger partial charge on any atom is -0.393 e. The van der Waals surface area contributed by atoms with Crippen molar-refractivity contribution < 1.29 is 0 Å². The third kappa shape index (κ3) is 2.94. The van der Waals surface area contributed by atoms with E-state index in [4.69, 9.17) is 22.9 Å². The van der Waals surface area contributed by atoms with E-state index < -0.39 is 0 Å². The van der Waals surface area contributed by atoms with Crippen LogP contribution in [-0.4, -0.2) is 23.1 Å². The van der Waals surface area contributed by atoms with Crippen LogP contribution in [0.25, 0.3) is 0 Å². The van der Waals surface area contributed by atoms with Gasteiger partial charge in [0.25, 0.3) is 0 Å². The number of aryl methyl sites for hydroxylation is 2.